The number of nitrogens with zero attached hydrogens (tertiary/aromatic N) is 4. The van der Waals surface area contributed by atoms with E-state index in [9.17, 15) is 5.11 Å². The number of benzene rings is 1. The minimum Gasteiger partial charge on any atom is -0.456 e. The third kappa shape index (κ3) is 6.22. The fourth-order valence-corrected chi connectivity index (χ4v) is 6.34. The number of hydrogen-bond acceptors (Lipinski definition) is 8. The second-order valence-corrected chi connectivity index (χ2v) is 18.5. The van der Waals surface area contributed by atoms with Gasteiger partial charge in [0.25, 0.3) is 0 Å². The van der Waals surface area contributed by atoms with Crippen LogP contribution in [-0.4, -0.2) is 76.9 Å². The maximum absolute atomic E-state index is 10.2. The highest BCUT2D eigenvalue weighted by Gasteiger charge is 2.49. The van der Waals surface area contributed by atoms with Gasteiger partial charge in [-0.3, -0.25) is 9.55 Å². The van der Waals surface area contributed by atoms with Gasteiger partial charge in [-0.1, -0.05) is 71.4 Å². The molecule has 4 atom stereocenters. The molecule has 2 saturated heterocycles. The SMILES string of the molecule is C[Si](C)(C)CCOCn1c(O[C@@H]2CO[C@H]3[C@@H]2OC[C@H]3O)nc2cc(Cl)c(-c3ccc(-c4cc(Br)ccn4)cc3)nc21. The molecule has 0 spiro atoms. The highest BCUT2D eigenvalue weighted by atomic mass is 79.9. The van der Waals surface area contributed by atoms with E-state index in [1.54, 1.807) is 12.3 Å². The van der Waals surface area contributed by atoms with Crippen molar-refractivity contribution in [3.8, 4) is 28.5 Å². The molecule has 0 aliphatic carbocycles. The van der Waals surface area contributed by atoms with Crippen LogP contribution in [0.3, 0.4) is 0 Å². The first kappa shape index (κ1) is 28.7. The van der Waals surface area contributed by atoms with Crippen LogP contribution in [0.5, 0.6) is 6.01 Å². The second-order valence-electron chi connectivity index (χ2n) is 11.6. The Labute approximate surface area is 252 Å². The quantitative estimate of drug-likeness (QED) is 0.178. The Hall–Kier alpha value is -2.38. The largest absolute Gasteiger partial charge is 0.456 e. The Balaban J connectivity index is 1.32. The number of aliphatic hydroxyl groups is 1. The lowest BCUT2D eigenvalue weighted by Crippen LogP contribution is -2.35. The van der Waals surface area contributed by atoms with Gasteiger partial charge in [-0.2, -0.15) is 4.98 Å². The van der Waals surface area contributed by atoms with Crippen molar-refractivity contribution in [2.75, 3.05) is 19.8 Å². The Kier molecular flexibility index (Phi) is 8.21. The van der Waals surface area contributed by atoms with Gasteiger partial charge >= 0.3 is 6.01 Å². The van der Waals surface area contributed by atoms with Crippen LogP contribution < -0.4 is 4.74 Å². The average Bonchev–Trinajstić information content (AvgIpc) is 3.61. The van der Waals surface area contributed by atoms with Gasteiger partial charge in [-0.05, 0) is 24.2 Å². The molecule has 216 valence electrons. The van der Waals surface area contributed by atoms with Crippen molar-refractivity contribution in [2.45, 2.75) is 56.8 Å². The van der Waals surface area contributed by atoms with E-state index in [4.69, 9.17) is 40.5 Å². The number of aromatic nitrogens is 4. The molecule has 4 aromatic rings. The molecule has 0 bridgehead atoms. The minimum atomic E-state index is -1.27. The number of imidazole rings is 1. The molecule has 6 rings (SSSR count). The van der Waals surface area contributed by atoms with Gasteiger partial charge in [0.1, 0.15) is 30.6 Å². The molecule has 0 amide bonds. The van der Waals surface area contributed by atoms with Gasteiger partial charge < -0.3 is 24.1 Å². The van der Waals surface area contributed by atoms with E-state index in [2.05, 4.69) is 40.6 Å². The van der Waals surface area contributed by atoms with E-state index >= 15 is 0 Å². The van der Waals surface area contributed by atoms with Crippen LogP contribution in [0.4, 0.5) is 0 Å². The normalized spacial score (nSPS) is 22.4. The standard InChI is InChI=1S/C29H32BrClN4O5Si/c1-41(2,3)11-10-37-16-35-28-22(33-29(35)40-24-15-39-26-23(36)14-38-27(24)26)13-20(31)25(34-28)18-6-4-17(5-7-18)21-12-19(30)8-9-32-21/h4-9,12-13,23-24,26-27,36H,10-11,14-16H2,1-3H3/t23-,24-,26-,27-/m1/s1. The lowest BCUT2D eigenvalue weighted by Gasteiger charge is -2.19. The van der Waals surface area contributed by atoms with Crippen LogP contribution in [0.2, 0.25) is 30.7 Å². The van der Waals surface area contributed by atoms with Crippen LogP contribution in [0.25, 0.3) is 33.7 Å². The number of aliphatic hydroxyl groups excluding tert-OH is 1. The molecule has 0 saturated carbocycles. The van der Waals surface area contributed by atoms with Gasteiger partial charge in [-0.15, -0.1) is 0 Å². The topological polar surface area (TPSA) is 101 Å². The Morgan fingerprint density at radius 1 is 1.05 bits per heavy atom. The lowest BCUT2D eigenvalue weighted by molar-refractivity contribution is 0.00336. The number of fused-ring (bicyclic) bond motifs is 2. The van der Waals surface area contributed by atoms with E-state index < -0.39 is 26.4 Å². The molecule has 41 heavy (non-hydrogen) atoms. The summed E-state index contributed by atoms with van der Waals surface area (Å²) >= 11 is 10.3. The lowest BCUT2D eigenvalue weighted by atomic mass is 10.1. The minimum absolute atomic E-state index is 0.225. The van der Waals surface area contributed by atoms with Gasteiger partial charge in [-0.25, -0.2) is 4.98 Å². The Bertz CT molecular complexity index is 1550. The molecular formula is C29H32BrClN4O5Si. The van der Waals surface area contributed by atoms with Gasteiger partial charge in [0, 0.05) is 36.5 Å². The monoisotopic (exact) mass is 658 g/mol. The predicted octanol–water partition coefficient (Wildman–Crippen LogP) is 5.79. The summed E-state index contributed by atoms with van der Waals surface area (Å²) in [6.07, 6.45) is -0.0724. The fraction of sp³-hybridized carbons (Fsp3) is 0.414. The third-order valence-corrected chi connectivity index (χ3v) is 9.76. The highest BCUT2D eigenvalue weighted by molar-refractivity contribution is 9.10. The van der Waals surface area contributed by atoms with E-state index in [0.29, 0.717) is 41.1 Å². The first-order valence-corrected chi connectivity index (χ1v) is 18.5. The summed E-state index contributed by atoms with van der Waals surface area (Å²) in [6.45, 7) is 8.33. The molecule has 1 aromatic carbocycles. The molecule has 2 aliphatic heterocycles. The average molecular weight is 660 g/mol. The number of halogens is 2. The Morgan fingerprint density at radius 2 is 1.80 bits per heavy atom. The van der Waals surface area contributed by atoms with Gasteiger partial charge in [0.2, 0.25) is 0 Å². The fourth-order valence-electron chi connectivity index (χ4n) is 4.99. The van der Waals surface area contributed by atoms with Crippen molar-refractivity contribution in [3.63, 3.8) is 0 Å². The van der Waals surface area contributed by atoms with Crippen LogP contribution in [0.1, 0.15) is 0 Å². The van der Waals surface area contributed by atoms with E-state index in [1.807, 2.05) is 41.0 Å². The molecule has 3 aromatic heterocycles. The van der Waals surface area contributed by atoms with Gasteiger partial charge in [0.05, 0.1) is 29.6 Å². The first-order valence-electron chi connectivity index (χ1n) is 13.6. The number of hydrogen-bond donors (Lipinski definition) is 1. The molecule has 1 N–H and O–H groups in total. The second kappa shape index (κ2) is 11.7. The highest BCUT2D eigenvalue weighted by Crippen LogP contribution is 2.34. The van der Waals surface area contributed by atoms with E-state index in [0.717, 1.165) is 27.3 Å². The maximum Gasteiger partial charge on any atom is 0.301 e. The van der Waals surface area contributed by atoms with Crippen molar-refractivity contribution < 1.29 is 24.1 Å². The van der Waals surface area contributed by atoms with Crippen molar-refractivity contribution in [1.29, 1.82) is 0 Å². The van der Waals surface area contributed by atoms with Gasteiger partial charge in [0.15, 0.2) is 11.8 Å². The summed E-state index contributed by atoms with van der Waals surface area (Å²) in [4.78, 5) is 14.1. The van der Waals surface area contributed by atoms with Crippen molar-refractivity contribution in [1.82, 2.24) is 19.5 Å². The summed E-state index contributed by atoms with van der Waals surface area (Å²) in [5, 5.41) is 10.6. The maximum atomic E-state index is 10.2. The van der Waals surface area contributed by atoms with E-state index in [-0.39, 0.29) is 19.4 Å². The number of pyridine rings is 2. The zero-order valence-electron chi connectivity index (χ0n) is 23.1. The van der Waals surface area contributed by atoms with Crippen LogP contribution >= 0.6 is 27.5 Å². The molecule has 0 unspecified atom stereocenters. The third-order valence-electron chi connectivity index (χ3n) is 7.27. The molecular weight excluding hydrogens is 628 g/mol. The van der Waals surface area contributed by atoms with Crippen molar-refractivity contribution in [2.24, 2.45) is 0 Å². The molecule has 2 fully saturated rings. The van der Waals surface area contributed by atoms with E-state index in [1.165, 1.54) is 0 Å². The predicted molar refractivity (Wildman–Crippen MR) is 163 cm³/mol. The molecule has 5 heterocycles. The zero-order valence-corrected chi connectivity index (χ0v) is 26.4. The van der Waals surface area contributed by atoms with Crippen molar-refractivity contribution >= 4 is 46.8 Å². The smallest absolute Gasteiger partial charge is 0.301 e. The molecule has 12 heteroatoms. The summed E-state index contributed by atoms with van der Waals surface area (Å²) in [5.74, 6) is 0. The summed E-state index contributed by atoms with van der Waals surface area (Å²) in [5.41, 5.74) is 4.56. The van der Waals surface area contributed by atoms with Crippen LogP contribution in [0.15, 0.2) is 53.1 Å². The summed E-state index contributed by atoms with van der Waals surface area (Å²) < 4.78 is 26.8. The molecule has 0 radical (unpaired) electrons. The zero-order chi connectivity index (χ0) is 28.7. The van der Waals surface area contributed by atoms with Crippen LogP contribution in [0, 0.1) is 0 Å². The first-order chi connectivity index (χ1) is 19.7. The molecule has 9 nitrogen and oxygen atoms in total. The Morgan fingerprint density at radius 3 is 2.56 bits per heavy atom. The molecule has 2 aliphatic rings. The number of rotatable bonds is 9. The number of ether oxygens (including phenoxy) is 4. The summed E-state index contributed by atoms with van der Waals surface area (Å²) in [7, 11) is -1.27. The van der Waals surface area contributed by atoms with Crippen LogP contribution in [-0.2, 0) is 20.9 Å². The summed E-state index contributed by atoms with van der Waals surface area (Å²) in [6, 6.07) is 15.0. The van der Waals surface area contributed by atoms with Crippen molar-refractivity contribution in [3.05, 3.63) is 58.2 Å².